The molecule has 108 valence electrons. The smallest absolute Gasteiger partial charge is 0.345 e. The molecule has 0 saturated carbocycles. The highest BCUT2D eigenvalue weighted by atomic mass is 32.2. The average molecular weight is 332 g/mol. The molecule has 2 rings (SSSR count). The maximum atomic E-state index is 12.3. The van der Waals surface area contributed by atoms with Crippen LogP contribution in [0.4, 0.5) is 0 Å². The van der Waals surface area contributed by atoms with E-state index in [1.54, 1.807) is 25.4 Å². The van der Waals surface area contributed by atoms with Crippen molar-refractivity contribution in [2.75, 3.05) is 0 Å². The summed E-state index contributed by atoms with van der Waals surface area (Å²) in [6, 6.07) is 1.15. The largest absolute Gasteiger partial charge is 0.477 e. The highest BCUT2D eigenvalue weighted by molar-refractivity contribution is 7.89. The number of carbonyl (C=O) groups is 1. The van der Waals surface area contributed by atoms with E-state index in [2.05, 4.69) is 9.71 Å². The molecule has 0 amide bonds. The zero-order chi connectivity index (χ0) is 15.0. The lowest BCUT2D eigenvalue weighted by Gasteiger charge is -2.23. The summed E-state index contributed by atoms with van der Waals surface area (Å²) in [5.41, 5.74) is -0.863. The zero-order valence-electron chi connectivity index (χ0n) is 10.7. The molecule has 2 aromatic heterocycles. The van der Waals surface area contributed by atoms with Crippen LogP contribution in [0, 0.1) is 0 Å². The van der Waals surface area contributed by atoms with Gasteiger partial charge in [-0.2, -0.15) is 4.72 Å². The summed E-state index contributed by atoms with van der Waals surface area (Å²) in [7, 11) is -3.79. The maximum absolute atomic E-state index is 12.3. The summed E-state index contributed by atoms with van der Waals surface area (Å²) >= 11 is 2.22. The van der Waals surface area contributed by atoms with E-state index in [1.165, 1.54) is 16.7 Å². The predicted molar refractivity (Wildman–Crippen MR) is 76.7 cm³/mol. The highest BCUT2D eigenvalue weighted by Gasteiger charge is 2.30. The van der Waals surface area contributed by atoms with Gasteiger partial charge in [-0.15, -0.1) is 22.7 Å². The Kier molecular flexibility index (Phi) is 3.96. The van der Waals surface area contributed by atoms with Gasteiger partial charge >= 0.3 is 5.97 Å². The minimum absolute atomic E-state index is 0.0163. The van der Waals surface area contributed by atoms with Crippen molar-refractivity contribution in [3.8, 4) is 0 Å². The Bertz CT molecular complexity index is 717. The van der Waals surface area contributed by atoms with Crippen molar-refractivity contribution < 1.29 is 18.3 Å². The lowest BCUT2D eigenvalue weighted by atomic mass is 10.1. The van der Waals surface area contributed by atoms with Crippen LogP contribution in [0.15, 0.2) is 27.9 Å². The fraction of sp³-hybridized carbons (Fsp3) is 0.273. The fourth-order valence-corrected chi connectivity index (χ4v) is 4.82. The Hall–Kier alpha value is -1.29. The number of thiazole rings is 1. The number of hydrogen-bond acceptors (Lipinski definition) is 6. The van der Waals surface area contributed by atoms with E-state index in [1.807, 2.05) is 0 Å². The zero-order valence-corrected chi connectivity index (χ0v) is 13.1. The van der Waals surface area contributed by atoms with Gasteiger partial charge in [0.05, 0.1) is 10.4 Å². The molecule has 0 atom stereocenters. The standard InChI is InChI=1S/C11H12N2O4S3/c1-11(2,10-12-3-4-18-10)13-20(16,17)7-5-8(9(14)15)19-6-7/h3-6,13H,1-2H3,(H,14,15). The van der Waals surface area contributed by atoms with Gasteiger partial charge in [-0.3, -0.25) is 0 Å². The third-order valence-corrected chi connectivity index (χ3v) is 6.25. The van der Waals surface area contributed by atoms with E-state index >= 15 is 0 Å². The first-order valence-electron chi connectivity index (χ1n) is 5.48. The van der Waals surface area contributed by atoms with E-state index in [-0.39, 0.29) is 9.77 Å². The predicted octanol–water partition coefficient (Wildman–Crippen LogP) is 2.12. The molecular formula is C11H12N2O4S3. The van der Waals surface area contributed by atoms with Gasteiger partial charge in [-0.1, -0.05) is 0 Å². The topological polar surface area (TPSA) is 96.4 Å². The van der Waals surface area contributed by atoms with Gasteiger partial charge in [0.25, 0.3) is 0 Å². The molecule has 2 N–H and O–H groups in total. The van der Waals surface area contributed by atoms with Crippen molar-refractivity contribution in [1.82, 2.24) is 9.71 Å². The van der Waals surface area contributed by atoms with Crippen molar-refractivity contribution >= 4 is 38.7 Å². The highest BCUT2D eigenvalue weighted by Crippen LogP contribution is 2.26. The fourth-order valence-electron chi connectivity index (χ4n) is 1.54. The Morgan fingerprint density at radius 1 is 1.40 bits per heavy atom. The minimum atomic E-state index is -3.79. The molecule has 6 nitrogen and oxygen atoms in total. The van der Waals surface area contributed by atoms with E-state index < -0.39 is 21.5 Å². The monoisotopic (exact) mass is 332 g/mol. The average Bonchev–Trinajstić information content (AvgIpc) is 3.00. The molecule has 9 heteroatoms. The molecule has 0 radical (unpaired) electrons. The number of aromatic nitrogens is 1. The quantitative estimate of drug-likeness (QED) is 0.874. The van der Waals surface area contributed by atoms with Crippen LogP contribution in [0.5, 0.6) is 0 Å². The van der Waals surface area contributed by atoms with Gasteiger partial charge in [-0.25, -0.2) is 18.2 Å². The first kappa shape index (κ1) is 15.1. The molecule has 20 heavy (non-hydrogen) atoms. The summed E-state index contributed by atoms with van der Waals surface area (Å²) in [6.07, 6.45) is 1.60. The van der Waals surface area contributed by atoms with Crippen LogP contribution in [-0.2, 0) is 15.6 Å². The van der Waals surface area contributed by atoms with Crippen LogP contribution in [0.25, 0.3) is 0 Å². The third kappa shape index (κ3) is 3.06. The lowest BCUT2D eigenvalue weighted by molar-refractivity contribution is 0.0702. The Morgan fingerprint density at radius 3 is 2.60 bits per heavy atom. The Morgan fingerprint density at radius 2 is 2.10 bits per heavy atom. The molecule has 0 aliphatic rings. The number of carboxylic acid groups (broad SMARTS) is 1. The van der Waals surface area contributed by atoms with E-state index in [0.29, 0.717) is 5.01 Å². The molecule has 0 aliphatic carbocycles. The van der Waals surface area contributed by atoms with Crippen molar-refractivity contribution in [3.63, 3.8) is 0 Å². The SMILES string of the molecule is CC(C)(NS(=O)(=O)c1csc(C(=O)O)c1)c1nccs1. The first-order chi connectivity index (χ1) is 9.22. The van der Waals surface area contributed by atoms with Gasteiger partial charge in [0.15, 0.2) is 0 Å². The van der Waals surface area contributed by atoms with Crippen molar-refractivity contribution in [2.24, 2.45) is 0 Å². The number of rotatable bonds is 5. The normalized spacial score (nSPS) is 12.5. The summed E-state index contributed by atoms with van der Waals surface area (Å²) in [4.78, 5) is 14.8. The Labute approximate surface area is 124 Å². The van der Waals surface area contributed by atoms with Gasteiger partial charge < -0.3 is 5.11 Å². The molecule has 0 aromatic carbocycles. The van der Waals surface area contributed by atoms with Gasteiger partial charge in [0, 0.05) is 17.0 Å². The van der Waals surface area contributed by atoms with Crippen LogP contribution in [0.3, 0.4) is 0 Å². The van der Waals surface area contributed by atoms with Crippen molar-refractivity contribution in [2.45, 2.75) is 24.3 Å². The number of hydrogen-bond donors (Lipinski definition) is 2. The van der Waals surface area contributed by atoms with Crippen LogP contribution in [-0.4, -0.2) is 24.5 Å². The summed E-state index contributed by atoms with van der Waals surface area (Å²) < 4.78 is 27.1. The number of carboxylic acids is 1. The van der Waals surface area contributed by atoms with Crippen LogP contribution in [0.2, 0.25) is 0 Å². The van der Waals surface area contributed by atoms with E-state index in [0.717, 1.165) is 17.4 Å². The number of nitrogens with one attached hydrogen (secondary N) is 1. The molecule has 0 saturated heterocycles. The maximum Gasteiger partial charge on any atom is 0.345 e. The Balaban J connectivity index is 2.29. The van der Waals surface area contributed by atoms with E-state index in [4.69, 9.17) is 5.11 Å². The molecule has 0 aliphatic heterocycles. The number of nitrogens with zero attached hydrogens (tertiary/aromatic N) is 1. The van der Waals surface area contributed by atoms with Gasteiger partial charge in [0.2, 0.25) is 10.0 Å². The van der Waals surface area contributed by atoms with E-state index in [9.17, 15) is 13.2 Å². The van der Waals surface area contributed by atoms with Crippen LogP contribution in [0.1, 0.15) is 28.5 Å². The second kappa shape index (κ2) is 5.24. The number of thiophene rings is 1. The molecular weight excluding hydrogens is 320 g/mol. The summed E-state index contributed by atoms with van der Waals surface area (Å²) in [6.45, 7) is 3.40. The molecule has 0 fully saturated rings. The number of sulfonamides is 1. The summed E-state index contributed by atoms with van der Waals surface area (Å²) in [5.74, 6) is -1.14. The van der Waals surface area contributed by atoms with Gasteiger partial charge in [-0.05, 0) is 19.9 Å². The number of aromatic carboxylic acids is 1. The molecule has 0 bridgehead atoms. The van der Waals surface area contributed by atoms with Crippen molar-refractivity contribution in [3.05, 3.63) is 32.9 Å². The third-order valence-electron chi connectivity index (χ3n) is 2.45. The molecule has 0 spiro atoms. The first-order valence-corrected chi connectivity index (χ1v) is 8.72. The van der Waals surface area contributed by atoms with Crippen molar-refractivity contribution in [1.29, 1.82) is 0 Å². The van der Waals surface area contributed by atoms with Crippen LogP contribution < -0.4 is 4.72 Å². The molecule has 0 unspecified atom stereocenters. The van der Waals surface area contributed by atoms with Gasteiger partial charge in [0.1, 0.15) is 9.88 Å². The molecule has 2 heterocycles. The second-order valence-corrected chi connectivity index (χ2v) is 8.01. The minimum Gasteiger partial charge on any atom is -0.477 e. The summed E-state index contributed by atoms with van der Waals surface area (Å²) in [5, 5.41) is 12.5. The van der Waals surface area contributed by atoms with Crippen LogP contribution >= 0.6 is 22.7 Å². The lowest BCUT2D eigenvalue weighted by Crippen LogP contribution is -2.40. The second-order valence-electron chi connectivity index (χ2n) is 4.52. The molecule has 2 aromatic rings.